The molecule has 0 aliphatic carbocycles. The molecule has 24 heavy (non-hydrogen) atoms. The number of amides is 1. The predicted molar refractivity (Wildman–Crippen MR) is 102 cm³/mol. The maximum Gasteiger partial charge on any atom is 0.263 e. The molecule has 0 saturated heterocycles. The molecule has 1 N–H and O–H groups in total. The van der Waals surface area contributed by atoms with Gasteiger partial charge in [0.1, 0.15) is 9.88 Å². The van der Waals surface area contributed by atoms with Gasteiger partial charge in [-0.25, -0.2) is 4.98 Å². The maximum atomic E-state index is 12.5. The molecule has 0 unspecified atom stereocenters. The van der Waals surface area contributed by atoms with Gasteiger partial charge in [-0.05, 0) is 30.7 Å². The van der Waals surface area contributed by atoms with Gasteiger partial charge in [0.2, 0.25) is 0 Å². The van der Waals surface area contributed by atoms with Crippen LogP contribution in [0, 0.1) is 6.92 Å². The largest absolute Gasteiger partial charge is 0.345 e. The summed E-state index contributed by atoms with van der Waals surface area (Å²) in [6, 6.07) is 14.0. The normalized spacial score (nSPS) is 11.2. The molecule has 0 bridgehead atoms. The van der Waals surface area contributed by atoms with Crippen LogP contribution in [0.2, 0.25) is 5.02 Å². The first-order chi connectivity index (χ1) is 11.6. The molecule has 0 spiro atoms. The summed E-state index contributed by atoms with van der Waals surface area (Å²) in [5.74, 6) is -0.155. The number of nitrogens with zero attached hydrogens (tertiary/aromatic N) is 1. The number of hydrogen-bond acceptors (Lipinski definition) is 4. The summed E-state index contributed by atoms with van der Waals surface area (Å²) in [7, 11) is 0. The van der Waals surface area contributed by atoms with E-state index in [4.69, 9.17) is 11.6 Å². The minimum atomic E-state index is -0.155. The van der Waals surface area contributed by atoms with E-state index < -0.39 is 0 Å². The first kappa shape index (κ1) is 15.6. The van der Waals surface area contributed by atoms with Crippen molar-refractivity contribution in [1.82, 2.24) is 10.3 Å². The van der Waals surface area contributed by atoms with Gasteiger partial charge in [0, 0.05) is 10.1 Å². The molecule has 0 radical (unpaired) electrons. The number of hydrogen-bond donors (Lipinski definition) is 1. The van der Waals surface area contributed by atoms with Crippen LogP contribution in [0.1, 0.15) is 20.2 Å². The van der Waals surface area contributed by atoms with Crippen LogP contribution < -0.4 is 5.32 Å². The van der Waals surface area contributed by atoms with Crippen LogP contribution >= 0.6 is 34.3 Å². The van der Waals surface area contributed by atoms with E-state index in [2.05, 4.69) is 16.4 Å². The molecule has 120 valence electrons. The number of thiophene rings is 1. The van der Waals surface area contributed by atoms with Crippen LogP contribution in [-0.2, 0) is 6.54 Å². The molecule has 0 saturated carbocycles. The Balaban J connectivity index is 1.56. The van der Waals surface area contributed by atoms with Crippen LogP contribution in [0.15, 0.2) is 42.5 Å². The topological polar surface area (TPSA) is 42.0 Å². The number of aryl methyl sites for hydroxylation is 1. The van der Waals surface area contributed by atoms with Crippen molar-refractivity contribution in [1.29, 1.82) is 0 Å². The zero-order valence-corrected chi connectivity index (χ0v) is 15.2. The number of carbonyl (C=O) groups is 1. The third-order valence-electron chi connectivity index (χ3n) is 3.73. The van der Waals surface area contributed by atoms with Crippen molar-refractivity contribution in [2.24, 2.45) is 0 Å². The number of thiazole rings is 1. The summed E-state index contributed by atoms with van der Waals surface area (Å²) in [5.41, 5.74) is 2.11. The van der Waals surface area contributed by atoms with Crippen molar-refractivity contribution in [2.45, 2.75) is 13.5 Å². The number of benzene rings is 2. The van der Waals surface area contributed by atoms with Crippen LogP contribution in [0.25, 0.3) is 20.3 Å². The third kappa shape index (κ3) is 2.79. The van der Waals surface area contributed by atoms with Gasteiger partial charge in [0.05, 0.1) is 21.8 Å². The summed E-state index contributed by atoms with van der Waals surface area (Å²) >= 11 is 9.40. The number of carbonyl (C=O) groups excluding carboxylic acids is 1. The molecule has 2 aromatic heterocycles. The zero-order valence-electron chi connectivity index (χ0n) is 12.8. The Morgan fingerprint density at radius 2 is 2.00 bits per heavy atom. The molecule has 0 aliphatic rings. The second-order valence-corrected chi connectivity index (χ2v) is 8.05. The van der Waals surface area contributed by atoms with E-state index in [0.717, 1.165) is 30.9 Å². The number of nitrogens with one attached hydrogen (secondary N) is 1. The molecule has 0 fully saturated rings. The average molecular weight is 373 g/mol. The number of rotatable bonds is 3. The summed E-state index contributed by atoms with van der Waals surface area (Å²) < 4.78 is 2.15. The van der Waals surface area contributed by atoms with Crippen LogP contribution in [-0.4, -0.2) is 10.9 Å². The van der Waals surface area contributed by atoms with Gasteiger partial charge >= 0.3 is 0 Å². The Morgan fingerprint density at radius 3 is 2.83 bits per heavy atom. The molecular weight excluding hydrogens is 360 g/mol. The number of fused-ring (bicyclic) bond motifs is 2. The van der Waals surface area contributed by atoms with Gasteiger partial charge in [-0.3, -0.25) is 4.79 Å². The van der Waals surface area contributed by atoms with E-state index in [0.29, 0.717) is 16.4 Å². The minimum absolute atomic E-state index is 0.155. The SMILES string of the molecule is Cc1ccc2c(Cl)c(C(=O)NCc3nc4ccccc4s3)sc2c1. The molecule has 4 rings (SSSR count). The third-order valence-corrected chi connectivity index (χ3v) is 6.42. The number of aromatic nitrogens is 1. The van der Waals surface area contributed by atoms with Crippen molar-refractivity contribution in [2.75, 3.05) is 0 Å². The smallest absolute Gasteiger partial charge is 0.263 e. The Hall–Kier alpha value is -1.95. The van der Waals surface area contributed by atoms with Gasteiger partial charge in [-0.1, -0.05) is 35.9 Å². The molecule has 2 heterocycles. The van der Waals surface area contributed by atoms with Crippen molar-refractivity contribution >= 4 is 60.5 Å². The van der Waals surface area contributed by atoms with Gasteiger partial charge in [-0.2, -0.15) is 0 Å². The predicted octanol–water partition coefficient (Wildman–Crippen LogP) is 5.40. The summed E-state index contributed by atoms with van der Waals surface area (Å²) in [6.45, 7) is 2.43. The lowest BCUT2D eigenvalue weighted by Gasteiger charge is -2.01. The summed E-state index contributed by atoms with van der Waals surface area (Å²) in [6.07, 6.45) is 0. The molecule has 4 aromatic rings. The quantitative estimate of drug-likeness (QED) is 0.523. The lowest BCUT2D eigenvalue weighted by molar-refractivity contribution is 0.0955. The first-order valence-corrected chi connectivity index (χ1v) is 9.44. The fourth-order valence-electron chi connectivity index (χ4n) is 2.55. The highest BCUT2D eigenvalue weighted by atomic mass is 35.5. The highest BCUT2D eigenvalue weighted by Gasteiger charge is 2.17. The number of para-hydroxylation sites is 1. The maximum absolute atomic E-state index is 12.5. The average Bonchev–Trinajstić information content (AvgIpc) is 3.13. The minimum Gasteiger partial charge on any atom is -0.345 e. The van der Waals surface area contributed by atoms with Gasteiger partial charge in [0.25, 0.3) is 5.91 Å². The standard InChI is InChI=1S/C18H13ClN2OS2/c1-10-6-7-11-14(8-10)24-17(16(11)19)18(22)20-9-15-21-12-4-2-3-5-13(12)23-15/h2-8H,9H2,1H3,(H,20,22). The summed E-state index contributed by atoms with van der Waals surface area (Å²) in [4.78, 5) is 17.6. The van der Waals surface area contributed by atoms with E-state index in [1.165, 1.54) is 11.3 Å². The van der Waals surface area contributed by atoms with Crippen LogP contribution in [0.5, 0.6) is 0 Å². The molecule has 0 aliphatic heterocycles. The lowest BCUT2D eigenvalue weighted by Crippen LogP contribution is -2.21. The second kappa shape index (κ2) is 6.16. The Kier molecular flexibility index (Phi) is 4.00. The second-order valence-electron chi connectivity index (χ2n) is 5.50. The lowest BCUT2D eigenvalue weighted by atomic mass is 10.2. The molecule has 3 nitrogen and oxygen atoms in total. The van der Waals surface area contributed by atoms with Crippen LogP contribution in [0.3, 0.4) is 0 Å². The highest BCUT2D eigenvalue weighted by Crippen LogP contribution is 2.35. The van der Waals surface area contributed by atoms with E-state index in [-0.39, 0.29) is 5.91 Å². The molecular formula is C18H13ClN2OS2. The Labute approximate surface area is 151 Å². The van der Waals surface area contributed by atoms with Gasteiger partial charge in [0.15, 0.2) is 0 Å². The van der Waals surface area contributed by atoms with E-state index in [9.17, 15) is 4.79 Å². The van der Waals surface area contributed by atoms with Crippen molar-refractivity contribution < 1.29 is 4.79 Å². The van der Waals surface area contributed by atoms with Crippen molar-refractivity contribution in [3.8, 4) is 0 Å². The summed E-state index contributed by atoms with van der Waals surface area (Å²) in [5, 5.41) is 5.27. The molecule has 1 amide bonds. The van der Waals surface area contributed by atoms with E-state index in [1.807, 2.05) is 43.3 Å². The fraction of sp³-hybridized carbons (Fsp3) is 0.111. The van der Waals surface area contributed by atoms with Gasteiger partial charge in [-0.15, -0.1) is 22.7 Å². The molecule has 6 heteroatoms. The Morgan fingerprint density at radius 1 is 1.17 bits per heavy atom. The van der Waals surface area contributed by atoms with E-state index >= 15 is 0 Å². The molecule has 2 aromatic carbocycles. The van der Waals surface area contributed by atoms with Gasteiger partial charge < -0.3 is 5.32 Å². The van der Waals surface area contributed by atoms with Crippen LogP contribution in [0.4, 0.5) is 0 Å². The monoisotopic (exact) mass is 372 g/mol. The molecule has 0 atom stereocenters. The Bertz CT molecular complexity index is 1030. The highest BCUT2D eigenvalue weighted by molar-refractivity contribution is 7.21. The van der Waals surface area contributed by atoms with Crippen molar-refractivity contribution in [3.63, 3.8) is 0 Å². The fourth-order valence-corrected chi connectivity index (χ4v) is 4.99. The number of halogens is 1. The van der Waals surface area contributed by atoms with E-state index in [1.54, 1.807) is 11.3 Å². The van der Waals surface area contributed by atoms with Crippen molar-refractivity contribution in [3.05, 3.63) is 62.9 Å². The first-order valence-electron chi connectivity index (χ1n) is 7.43. The zero-order chi connectivity index (χ0) is 16.7.